The van der Waals surface area contributed by atoms with E-state index in [0.29, 0.717) is 12.2 Å². The Morgan fingerprint density at radius 3 is 2.43 bits per heavy atom. The first-order valence-electron chi connectivity index (χ1n) is 6.94. The lowest BCUT2D eigenvalue weighted by molar-refractivity contribution is -0.132. The molecule has 0 saturated carbocycles. The van der Waals surface area contributed by atoms with Gasteiger partial charge in [0.15, 0.2) is 0 Å². The van der Waals surface area contributed by atoms with Crippen molar-refractivity contribution in [1.29, 1.82) is 0 Å². The molecule has 1 aromatic rings. The number of amides is 1. The molecule has 5 nitrogen and oxygen atoms in total. The third-order valence-corrected chi connectivity index (χ3v) is 3.39. The molecule has 0 aliphatic heterocycles. The zero-order chi connectivity index (χ0) is 16.2. The van der Waals surface area contributed by atoms with Crippen molar-refractivity contribution < 1.29 is 14.3 Å². The zero-order valence-corrected chi connectivity index (χ0v) is 13.4. The highest BCUT2D eigenvalue weighted by Gasteiger charge is 2.30. The van der Waals surface area contributed by atoms with Crippen LogP contribution in [0.4, 0.5) is 0 Å². The highest BCUT2D eigenvalue weighted by atomic mass is 16.5. The predicted molar refractivity (Wildman–Crippen MR) is 82.3 cm³/mol. The molecule has 0 aliphatic carbocycles. The van der Waals surface area contributed by atoms with Gasteiger partial charge in [-0.1, -0.05) is 19.9 Å². The van der Waals surface area contributed by atoms with Gasteiger partial charge in [0.05, 0.1) is 6.54 Å². The average Bonchev–Trinajstić information content (AvgIpc) is 2.36. The number of ether oxygens (including phenoxy) is 1. The number of carbonyl (C=O) groups is 2. The molecule has 1 rings (SSSR count). The van der Waals surface area contributed by atoms with Crippen LogP contribution in [-0.4, -0.2) is 25.5 Å². The average molecular weight is 292 g/mol. The summed E-state index contributed by atoms with van der Waals surface area (Å²) in [5, 5.41) is 2.63. The van der Waals surface area contributed by atoms with Crippen LogP contribution >= 0.6 is 0 Å². The Kier molecular flexibility index (Phi) is 5.49. The number of esters is 1. The first-order valence-corrected chi connectivity index (χ1v) is 6.94. The first-order chi connectivity index (χ1) is 9.71. The maximum atomic E-state index is 11.7. The van der Waals surface area contributed by atoms with Gasteiger partial charge in [0.25, 0.3) is 0 Å². The van der Waals surface area contributed by atoms with E-state index < -0.39 is 11.4 Å². The minimum Gasteiger partial charge on any atom is -0.425 e. The summed E-state index contributed by atoms with van der Waals surface area (Å²) in [6.45, 7) is 7.62. The number of aryl methyl sites for hydroxylation is 2. The monoisotopic (exact) mass is 292 g/mol. The Morgan fingerprint density at radius 1 is 1.29 bits per heavy atom. The van der Waals surface area contributed by atoms with Gasteiger partial charge in [-0.15, -0.1) is 0 Å². The minimum atomic E-state index is -0.489. The fourth-order valence-corrected chi connectivity index (χ4v) is 2.62. The van der Waals surface area contributed by atoms with E-state index in [2.05, 4.69) is 5.32 Å². The molecule has 0 aliphatic rings. The number of carbonyl (C=O) groups excluding carboxylic acids is 2. The summed E-state index contributed by atoms with van der Waals surface area (Å²) in [4.78, 5) is 23.3. The van der Waals surface area contributed by atoms with E-state index in [4.69, 9.17) is 10.5 Å². The number of nitrogens with one attached hydrogen (secondary N) is 1. The van der Waals surface area contributed by atoms with Crippen molar-refractivity contribution in [3.63, 3.8) is 0 Å². The minimum absolute atomic E-state index is 0.0592. The maximum absolute atomic E-state index is 11.7. The number of hydrogen-bond donors (Lipinski definition) is 2. The molecule has 0 radical (unpaired) electrons. The van der Waals surface area contributed by atoms with Gasteiger partial charge >= 0.3 is 5.97 Å². The molecule has 116 valence electrons. The third-order valence-electron chi connectivity index (χ3n) is 3.39. The fraction of sp³-hybridized carbons (Fsp3) is 0.500. The molecule has 1 aromatic carbocycles. The second-order valence-electron chi connectivity index (χ2n) is 5.87. The second kappa shape index (κ2) is 6.72. The van der Waals surface area contributed by atoms with Gasteiger partial charge in [0.2, 0.25) is 5.91 Å². The summed E-state index contributed by atoms with van der Waals surface area (Å²) >= 11 is 0. The lowest BCUT2D eigenvalue weighted by Gasteiger charge is -2.28. The van der Waals surface area contributed by atoms with Crippen molar-refractivity contribution in [3.8, 4) is 5.75 Å². The Morgan fingerprint density at radius 2 is 1.90 bits per heavy atom. The molecule has 0 fully saturated rings. The highest BCUT2D eigenvalue weighted by molar-refractivity contribution is 5.78. The molecule has 3 N–H and O–H groups in total. The number of nitrogens with two attached hydrogens (primary N) is 1. The summed E-state index contributed by atoms with van der Waals surface area (Å²) < 4.78 is 5.36. The van der Waals surface area contributed by atoms with Crippen LogP contribution in [0.1, 0.15) is 37.0 Å². The molecule has 0 atom stereocenters. The molecule has 1 amide bonds. The van der Waals surface area contributed by atoms with Crippen LogP contribution in [0.25, 0.3) is 0 Å². The quantitative estimate of drug-likeness (QED) is 0.638. The van der Waals surface area contributed by atoms with Crippen LogP contribution in [0, 0.1) is 13.8 Å². The summed E-state index contributed by atoms with van der Waals surface area (Å²) in [7, 11) is 1.61. The lowest BCUT2D eigenvalue weighted by atomic mass is 9.78. The molecule has 5 heteroatoms. The first kappa shape index (κ1) is 17.2. The van der Waals surface area contributed by atoms with Crippen LogP contribution in [0.2, 0.25) is 0 Å². The number of hydrogen-bond acceptors (Lipinski definition) is 4. The molecule has 21 heavy (non-hydrogen) atoms. The number of benzene rings is 1. The van der Waals surface area contributed by atoms with Gasteiger partial charge < -0.3 is 15.8 Å². The second-order valence-corrected chi connectivity index (χ2v) is 5.87. The SMILES string of the molecule is CNC(=O)CC(C)(C)c1c(C)cc(C)cc1OC(=O)CN. The lowest BCUT2D eigenvalue weighted by Crippen LogP contribution is -2.30. The van der Waals surface area contributed by atoms with Crippen molar-refractivity contribution in [2.75, 3.05) is 13.6 Å². The molecular weight excluding hydrogens is 268 g/mol. The molecule has 0 heterocycles. The van der Waals surface area contributed by atoms with Crippen LogP contribution in [0.5, 0.6) is 5.75 Å². The third kappa shape index (κ3) is 4.29. The van der Waals surface area contributed by atoms with E-state index in [1.807, 2.05) is 39.8 Å². The van der Waals surface area contributed by atoms with Crippen molar-refractivity contribution >= 4 is 11.9 Å². The van der Waals surface area contributed by atoms with Gasteiger partial charge in [0, 0.05) is 24.4 Å². The zero-order valence-electron chi connectivity index (χ0n) is 13.4. The van der Waals surface area contributed by atoms with E-state index in [9.17, 15) is 9.59 Å². The summed E-state index contributed by atoms with van der Waals surface area (Å²) in [6, 6.07) is 3.82. The van der Waals surface area contributed by atoms with Crippen LogP contribution in [0.15, 0.2) is 12.1 Å². The topological polar surface area (TPSA) is 81.4 Å². The van der Waals surface area contributed by atoms with Gasteiger partial charge in [0.1, 0.15) is 5.75 Å². The van der Waals surface area contributed by atoms with Gasteiger partial charge in [-0.25, -0.2) is 0 Å². The molecule has 0 bridgehead atoms. The summed E-state index contributed by atoms with van der Waals surface area (Å²) in [5.41, 5.74) is 7.70. The Labute approximate surface area is 125 Å². The number of rotatable bonds is 5. The van der Waals surface area contributed by atoms with E-state index in [1.165, 1.54) is 0 Å². The maximum Gasteiger partial charge on any atom is 0.325 e. The highest BCUT2D eigenvalue weighted by Crippen LogP contribution is 2.37. The molecule has 0 spiro atoms. The Hall–Kier alpha value is -1.88. The smallest absolute Gasteiger partial charge is 0.325 e. The van der Waals surface area contributed by atoms with Crippen LogP contribution in [0.3, 0.4) is 0 Å². The predicted octanol–water partition coefficient (Wildman–Crippen LogP) is 1.58. The van der Waals surface area contributed by atoms with Gasteiger partial charge in [-0.3, -0.25) is 9.59 Å². The molecular formula is C16H24N2O3. The molecule has 0 aromatic heterocycles. The van der Waals surface area contributed by atoms with E-state index in [1.54, 1.807) is 7.05 Å². The Bertz CT molecular complexity index is 551. The van der Waals surface area contributed by atoms with Crippen LogP contribution in [-0.2, 0) is 15.0 Å². The molecule has 0 unspecified atom stereocenters. The van der Waals surface area contributed by atoms with Crippen LogP contribution < -0.4 is 15.8 Å². The normalized spacial score (nSPS) is 11.1. The Balaban J connectivity index is 3.31. The van der Waals surface area contributed by atoms with Crippen molar-refractivity contribution in [2.24, 2.45) is 5.73 Å². The molecule has 0 saturated heterocycles. The van der Waals surface area contributed by atoms with Gasteiger partial charge in [-0.05, 0) is 31.0 Å². The van der Waals surface area contributed by atoms with Crippen molar-refractivity contribution in [3.05, 3.63) is 28.8 Å². The standard InChI is InChI=1S/C16H24N2O3/c1-10-6-11(2)15(12(7-10)21-14(20)9-17)16(3,4)8-13(19)18-5/h6-7H,8-9,17H2,1-5H3,(H,18,19). The fourth-order valence-electron chi connectivity index (χ4n) is 2.62. The van der Waals surface area contributed by atoms with E-state index in [-0.39, 0.29) is 12.5 Å². The van der Waals surface area contributed by atoms with Crippen molar-refractivity contribution in [1.82, 2.24) is 5.32 Å². The largest absolute Gasteiger partial charge is 0.425 e. The van der Waals surface area contributed by atoms with Gasteiger partial charge in [-0.2, -0.15) is 0 Å². The summed E-state index contributed by atoms with van der Waals surface area (Å²) in [5.74, 6) is -0.0649. The van der Waals surface area contributed by atoms with E-state index in [0.717, 1.165) is 16.7 Å². The van der Waals surface area contributed by atoms with Crippen molar-refractivity contribution in [2.45, 2.75) is 39.5 Å². The summed E-state index contributed by atoms with van der Waals surface area (Å²) in [6.07, 6.45) is 0.306. The van der Waals surface area contributed by atoms with E-state index >= 15 is 0 Å².